The van der Waals surface area contributed by atoms with Crippen molar-refractivity contribution in [1.82, 2.24) is 19.6 Å². The van der Waals surface area contributed by atoms with Crippen LogP contribution in [0.2, 0.25) is 0 Å². The first-order valence-electron chi connectivity index (χ1n) is 9.92. The second kappa shape index (κ2) is 7.79. The summed E-state index contributed by atoms with van der Waals surface area (Å²) in [6.07, 6.45) is 7.37. The molecule has 4 rings (SSSR count). The smallest absolute Gasteiger partial charge is 0.237 e. The number of rotatable bonds is 9. The topological polar surface area (TPSA) is 102 Å². The van der Waals surface area contributed by atoms with E-state index in [4.69, 9.17) is 4.74 Å². The summed E-state index contributed by atoms with van der Waals surface area (Å²) in [5, 5.41) is 17.6. The number of hydrogen-bond acceptors (Lipinski definition) is 7. The maximum absolute atomic E-state index is 12.8. The second-order valence-electron chi connectivity index (χ2n) is 7.47. The Bertz CT molecular complexity index is 1040. The first-order chi connectivity index (χ1) is 14.0. The number of aromatic nitrogens is 4. The fraction of sp³-hybridized carbons (Fsp3) is 0.429. The third-order valence-electron chi connectivity index (χ3n) is 5.31. The minimum absolute atomic E-state index is 0.00471. The summed E-state index contributed by atoms with van der Waals surface area (Å²) >= 11 is 0. The number of Topliss-reactive ketones (excluding diaryl/α,β-unsaturated/α-hetero) is 1. The lowest BCUT2D eigenvalue weighted by Crippen LogP contribution is -2.09. The number of aryl methyl sites for hydroxylation is 1. The molecule has 1 saturated carbocycles. The van der Waals surface area contributed by atoms with Crippen LogP contribution >= 0.6 is 0 Å². The van der Waals surface area contributed by atoms with E-state index in [0.717, 1.165) is 25.0 Å². The molecule has 0 spiro atoms. The van der Waals surface area contributed by atoms with E-state index in [2.05, 4.69) is 20.4 Å². The van der Waals surface area contributed by atoms with E-state index in [1.54, 1.807) is 24.0 Å². The van der Waals surface area contributed by atoms with Gasteiger partial charge < -0.3 is 15.2 Å². The SMILES string of the molecule is CCc1cc(Nc2cccnc2OC)nc2c(C(=O)CCCC3(O)CC3)cnn12. The molecule has 8 nitrogen and oxygen atoms in total. The number of carbonyl (C=O) groups is 1. The molecular formula is C21H25N5O3. The number of nitrogens with zero attached hydrogens (tertiary/aromatic N) is 4. The predicted molar refractivity (Wildman–Crippen MR) is 109 cm³/mol. The van der Waals surface area contributed by atoms with Crippen LogP contribution in [0.4, 0.5) is 11.5 Å². The number of nitrogens with one attached hydrogen (secondary N) is 1. The van der Waals surface area contributed by atoms with Gasteiger partial charge in [0.1, 0.15) is 11.5 Å². The van der Waals surface area contributed by atoms with Crippen molar-refractivity contribution in [2.24, 2.45) is 0 Å². The average molecular weight is 395 g/mol. The molecule has 0 unspecified atom stereocenters. The molecule has 3 aromatic heterocycles. The molecule has 3 heterocycles. The van der Waals surface area contributed by atoms with Crippen LogP contribution in [0, 0.1) is 0 Å². The summed E-state index contributed by atoms with van der Waals surface area (Å²) in [5.41, 5.74) is 2.13. The van der Waals surface area contributed by atoms with Gasteiger partial charge in [-0.1, -0.05) is 6.92 Å². The molecule has 1 aliphatic rings. The third-order valence-corrected chi connectivity index (χ3v) is 5.31. The quantitative estimate of drug-likeness (QED) is 0.536. The summed E-state index contributed by atoms with van der Waals surface area (Å²) in [6.45, 7) is 2.03. The van der Waals surface area contributed by atoms with Gasteiger partial charge in [-0.25, -0.2) is 14.5 Å². The van der Waals surface area contributed by atoms with Crippen LogP contribution in [-0.2, 0) is 6.42 Å². The molecule has 29 heavy (non-hydrogen) atoms. The second-order valence-corrected chi connectivity index (χ2v) is 7.47. The molecule has 0 aliphatic heterocycles. The number of anilines is 2. The van der Waals surface area contributed by atoms with Gasteiger partial charge in [0.2, 0.25) is 5.88 Å². The van der Waals surface area contributed by atoms with Gasteiger partial charge >= 0.3 is 0 Å². The Morgan fingerprint density at radius 1 is 1.41 bits per heavy atom. The third kappa shape index (κ3) is 4.07. The molecule has 3 aromatic rings. The number of ketones is 1. The van der Waals surface area contributed by atoms with Gasteiger partial charge in [-0.15, -0.1) is 0 Å². The lowest BCUT2D eigenvalue weighted by molar-refractivity contribution is 0.0962. The molecular weight excluding hydrogens is 370 g/mol. The Kier molecular flexibility index (Phi) is 5.19. The van der Waals surface area contributed by atoms with Gasteiger partial charge in [-0.05, 0) is 44.2 Å². The van der Waals surface area contributed by atoms with E-state index in [0.29, 0.717) is 47.9 Å². The van der Waals surface area contributed by atoms with Crippen molar-refractivity contribution in [2.45, 2.75) is 51.0 Å². The first kappa shape index (κ1) is 19.3. The monoisotopic (exact) mass is 395 g/mol. The molecule has 8 heteroatoms. The molecule has 2 N–H and O–H groups in total. The van der Waals surface area contributed by atoms with Crippen molar-refractivity contribution in [3.05, 3.63) is 41.9 Å². The number of methoxy groups -OCH3 is 1. The number of carbonyl (C=O) groups excluding carboxylic acids is 1. The molecule has 0 atom stereocenters. The molecule has 1 aliphatic carbocycles. The van der Waals surface area contributed by atoms with Crippen LogP contribution < -0.4 is 10.1 Å². The fourth-order valence-corrected chi connectivity index (χ4v) is 3.43. The van der Waals surface area contributed by atoms with Crippen molar-refractivity contribution in [3.63, 3.8) is 0 Å². The number of fused-ring (bicyclic) bond motifs is 1. The maximum Gasteiger partial charge on any atom is 0.237 e. The van der Waals surface area contributed by atoms with Crippen molar-refractivity contribution in [3.8, 4) is 5.88 Å². The molecule has 0 amide bonds. The minimum Gasteiger partial charge on any atom is -0.480 e. The summed E-state index contributed by atoms with van der Waals surface area (Å²) in [6, 6.07) is 5.57. The van der Waals surface area contributed by atoms with Gasteiger partial charge in [-0.2, -0.15) is 5.10 Å². The Morgan fingerprint density at radius 3 is 2.97 bits per heavy atom. The van der Waals surface area contributed by atoms with Crippen molar-refractivity contribution >= 4 is 22.9 Å². The zero-order chi connectivity index (χ0) is 20.4. The highest BCUT2D eigenvalue weighted by atomic mass is 16.5. The van der Waals surface area contributed by atoms with E-state index in [1.807, 2.05) is 25.1 Å². The lowest BCUT2D eigenvalue weighted by Gasteiger charge is -2.11. The summed E-state index contributed by atoms with van der Waals surface area (Å²) in [7, 11) is 1.56. The van der Waals surface area contributed by atoms with E-state index in [9.17, 15) is 9.90 Å². The standard InChI is InChI=1S/C21H25N5O3/c1-3-14-12-18(24-16-6-5-11-22-20(16)29-2)25-19-15(13-23-26(14)19)17(27)7-4-8-21(28)9-10-21/h5-6,11-13,28H,3-4,7-10H2,1-2H3,(H,24,25). The van der Waals surface area contributed by atoms with Gasteiger partial charge in [0.05, 0.1) is 24.5 Å². The van der Waals surface area contributed by atoms with Gasteiger partial charge in [0.25, 0.3) is 0 Å². The van der Waals surface area contributed by atoms with Crippen LogP contribution in [0.3, 0.4) is 0 Å². The average Bonchev–Trinajstić information content (AvgIpc) is 3.30. The molecule has 0 aromatic carbocycles. The summed E-state index contributed by atoms with van der Waals surface area (Å²) in [5.74, 6) is 1.06. The van der Waals surface area contributed by atoms with Gasteiger partial charge in [0, 0.05) is 24.4 Å². The zero-order valence-corrected chi connectivity index (χ0v) is 16.7. The van der Waals surface area contributed by atoms with E-state index >= 15 is 0 Å². The minimum atomic E-state index is -0.533. The summed E-state index contributed by atoms with van der Waals surface area (Å²) < 4.78 is 7.01. The largest absolute Gasteiger partial charge is 0.480 e. The normalized spacial score (nSPS) is 14.7. The summed E-state index contributed by atoms with van der Waals surface area (Å²) in [4.78, 5) is 21.6. The molecule has 1 fully saturated rings. The number of aliphatic hydroxyl groups is 1. The number of hydrogen-bond donors (Lipinski definition) is 2. The van der Waals surface area contributed by atoms with E-state index in [1.165, 1.54) is 0 Å². The Morgan fingerprint density at radius 2 is 2.24 bits per heavy atom. The number of pyridine rings is 1. The van der Waals surface area contributed by atoms with Crippen molar-refractivity contribution in [2.75, 3.05) is 12.4 Å². The highest BCUT2D eigenvalue weighted by molar-refractivity contribution is 6.01. The van der Waals surface area contributed by atoms with Crippen LogP contribution in [-0.4, -0.2) is 43.2 Å². The van der Waals surface area contributed by atoms with Crippen LogP contribution in [0.1, 0.15) is 55.1 Å². The van der Waals surface area contributed by atoms with Crippen LogP contribution in [0.15, 0.2) is 30.6 Å². The van der Waals surface area contributed by atoms with Gasteiger partial charge in [0.15, 0.2) is 11.4 Å². The predicted octanol–water partition coefficient (Wildman–Crippen LogP) is 3.32. The Hall–Kier alpha value is -3.00. The Labute approximate surface area is 168 Å². The van der Waals surface area contributed by atoms with Crippen LogP contribution in [0.5, 0.6) is 5.88 Å². The highest BCUT2D eigenvalue weighted by Crippen LogP contribution is 2.39. The van der Waals surface area contributed by atoms with E-state index < -0.39 is 5.60 Å². The fourth-order valence-electron chi connectivity index (χ4n) is 3.43. The zero-order valence-electron chi connectivity index (χ0n) is 16.7. The molecule has 0 radical (unpaired) electrons. The Balaban J connectivity index is 1.61. The number of ether oxygens (including phenoxy) is 1. The maximum atomic E-state index is 12.8. The lowest BCUT2D eigenvalue weighted by atomic mass is 10.1. The van der Waals surface area contributed by atoms with E-state index in [-0.39, 0.29) is 5.78 Å². The van der Waals surface area contributed by atoms with Crippen molar-refractivity contribution < 1.29 is 14.6 Å². The van der Waals surface area contributed by atoms with Gasteiger partial charge in [-0.3, -0.25) is 4.79 Å². The molecule has 0 bridgehead atoms. The first-order valence-corrected chi connectivity index (χ1v) is 9.92. The van der Waals surface area contributed by atoms with Crippen molar-refractivity contribution in [1.29, 1.82) is 0 Å². The highest BCUT2D eigenvalue weighted by Gasteiger charge is 2.39. The molecule has 152 valence electrons. The molecule has 0 saturated heterocycles. The van der Waals surface area contributed by atoms with Crippen LogP contribution in [0.25, 0.3) is 5.65 Å².